The second-order valence-electron chi connectivity index (χ2n) is 7.14. The summed E-state index contributed by atoms with van der Waals surface area (Å²) in [7, 11) is 0. The van der Waals surface area contributed by atoms with Crippen LogP contribution in [0.25, 0.3) is 11.0 Å². The second-order valence-corrected chi connectivity index (χ2v) is 7.14. The van der Waals surface area contributed by atoms with Gasteiger partial charge in [0.25, 0.3) is 5.91 Å². The molecule has 2 aromatic rings. The van der Waals surface area contributed by atoms with Crippen molar-refractivity contribution in [2.24, 2.45) is 0 Å². The van der Waals surface area contributed by atoms with Gasteiger partial charge >= 0.3 is 5.63 Å². The van der Waals surface area contributed by atoms with Crippen molar-refractivity contribution in [3.05, 3.63) is 46.3 Å². The number of benzene rings is 1. The number of amides is 2. The van der Waals surface area contributed by atoms with Crippen LogP contribution in [0.5, 0.6) is 0 Å². The van der Waals surface area contributed by atoms with E-state index >= 15 is 0 Å². The van der Waals surface area contributed by atoms with E-state index in [9.17, 15) is 14.4 Å². The minimum atomic E-state index is -0.606. The van der Waals surface area contributed by atoms with Crippen molar-refractivity contribution in [1.29, 1.82) is 0 Å². The lowest BCUT2D eigenvalue weighted by Crippen LogP contribution is -2.51. The molecule has 0 N–H and O–H groups in total. The van der Waals surface area contributed by atoms with Gasteiger partial charge in [-0.1, -0.05) is 18.2 Å². The molecule has 3 heterocycles. The summed E-state index contributed by atoms with van der Waals surface area (Å²) in [4.78, 5) is 42.9. The molecule has 7 heteroatoms. The van der Waals surface area contributed by atoms with Crippen molar-refractivity contribution in [1.82, 2.24) is 14.7 Å². The average Bonchev–Trinajstić information content (AvgIpc) is 3.22. The fraction of sp³-hybridized carbons (Fsp3) is 0.450. The number of hydrogen-bond donors (Lipinski definition) is 0. The quantitative estimate of drug-likeness (QED) is 0.760. The van der Waals surface area contributed by atoms with Crippen LogP contribution in [-0.4, -0.2) is 72.3 Å². The predicted octanol–water partition coefficient (Wildman–Crippen LogP) is 1.17. The molecule has 7 nitrogen and oxygen atoms in total. The van der Waals surface area contributed by atoms with Crippen molar-refractivity contribution in [3.63, 3.8) is 0 Å². The van der Waals surface area contributed by atoms with Gasteiger partial charge in [0.1, 0.15) is 11.1 Å². The van der Waals surface area contributed by atoms with Gasteiger partial charge < -0.3 is 14.2 Å². The van der Waals surface area contributed by atoms with E-state index in [0.717, 1.165) is 31.3 Å². The molecule has 142 valence electrons. The van der Waals surface area contributed by atoms with Crippen LogP contribution in [0, 0.1) is 0 Å². The van der Waals surface area contributed by atoms with Crippen molar-refractivity contribution < 1.29 is 14.0 Å². The highest BCUT2D eigenvalue weighted by atomic mass is 16.4. The lowest BCUT2D eigenvalue weighted by Gasteiger charge is -2.34. The Balaban J connectivity index is 1.39. The minimum absolute atomic E-state index is 0.0651. The molecule has 1 aromatic heterocycles. The molecule has 2 fully saturated rings. The molecule has 2 aliphatic heterocycles. The van der Waals surface area contributed by atoms with Crippen LogP contribution >= 0.6 is 0 Å². The average molecular weight is 369 g/mol. The zero-order chi connectivity index (χ0) is 18.8. The first-order valence-electron chi connectivity index (χ1n) is 9.44. The molecule has 0 radical (unpaired) electrons. The van der Waals surface area contributed by atoms with E-state index < -0.39 is 5.63 Å². The maximum absolute atomic E-state index is 12.8. The molecule has 0 unspecified atom stereocenters. The van der Waals surface area contributed by atoms with Crippen molar-refractivity contribution in [2.75, 3.05) is 45.8 Å². The number of nitrogens with zero attached hydrogens (tertiary/aromatic N) is 3. The monoisotopic (exact) mass is 369 g/mol. The zero-order valence-corrected chi connectivity index (χ0v) is 15.2. The first-order chi connectivity index (χ1) is 13.1. The van der Waals surface area contributed by atoms with Gasteiger partial charge in [-0.2, -0.15) is 0 Å². The van der Waals surface area contributed by atoms with E-state index in [0.29, 0.717) is 38.3 Å². The molecular formula is C20H23N3O4. The Kier molecular flexibility index (Phi) is 4.94. The maximum Gasteiger partial charge on any atom is 0.349 e. The number of hydrogen-bond acceptors (Lipinski definition) is 5. The van der Waals surface area contributed by atoms with E-state index in [4.69, 9.17) is 4.42 Å². The Morgan fingerprint density at radius 1 is 0.926 bits per heavy atom. The molecule has 0 aliphatic carbocycles. The standard InChI is InChI=1S/C20H23N3O4/c24-18(22-7-3-4-8-22)14-21-9-11-23(12-10-21)19(25)16-13-15-5-1-2-6-17(15)27-20(16)26/h1-2,5-6,13H,3-4,7-12,14H2. The highest BCUT2D eigenvalue weighted by molar-refractivity contribution is 5.96. The van der Waals surface area contributed by atoms with Gasteiger partial charge in [-0.3, -0.25) is 14.5 Å². The van der Waals surface area contributed by atoms with Crippen molar-refractivity contribution in [2.45, 2.75) is 12.8 Å². The minimum Gasteiger partial charge on any atom is -0.422 e. The van der Waals surface area contributed by atoms with Gasteiger partial charge in [0.15, 0.2) is 0 Å². The van der Waals surface area contributed by atoms with Gasteiger partial charge in [-0.05, 0) is 25.0 Å². The SMILES string of the molecule is O=C(CN1CCN(C(=O)c2cc3ccccc3oc2=O)CC1)N1CCCC1. The molecule has 2 amide bonds. The van der Waals surface area contributed by atoms with Gasteiger partial charge in [0.05, 0.1) is 6.54 Å². The highest BCUT2D eigenvalue weighted by Gasteiger charge is 2.27. The number of rotatable bonds is 3. The number of likely N-dealkylation sites (tertiary alicyclic amines) is 1. The van der Waals surface area contributed by atoms with E-state index in [1.807, 2.05) is 17.0 Å². The van der Waals surface area contributed by atoms with Crippen LogP contribution < -0.4 is 5.63 Å². The van der Waals surface area contributed by atoms with Crippen LogP contribution in [0.3, 0.4) is 0 Å². The summed E-state index contributed by atoms with van der Waals surface area (Å²) in [5, 5.41) is 0.732. The molecule has 2 saturated heterocycles. The lowest BCUT2D eigenvalue weighted by atomic mass is 10.1. The molecule has 2 aliphatic rings. The number of carbonyl (C=O) groups is 2. The first kappa shape index (κ1) is 17.7. The third kappa shape index (κ3) is 3.73. The van der Waals surface area contributed by atoms with Gasteiger partial charge in [0, 0.05) is 44.7 Å². The fourth-order valence-electron chi connectivity index (χ4n) is 3.75. The normalized spacial score (nSPS) is 18.2. The number of fused-ring (bicyclic) bond motifs is 1. The first-order valence-corrected chi connectivity index (χ1v) is 9.44. The lowest BCUT2D eigenvalue weighted by molar-refractivity contribution is -0.131. The third-order valence-electron chi connectivity index (χ3n) is 5.35. The van der Waals surface area contributed by atoms with Crippen LogP contribution in [0.2, 0.25) is 0 Å². The summed E-state index contributed by atoms with van der Waals surface area (Å²) in [6.45, 7) is 4.37. The smallest absolute Gasteiger partial charge is 0.349 e. The van der Waals surface area contributed by atoms with Crippen LogP contribution in [0.4, 0.5) is 0 Å². The zero-order valence-electron chi connectivity index (χ0n) is 15.2. The summed E-state index contributed by atoms with van der Waals surface area (Å²) >= 11 is 0. The summed E-state index contributed by atoms with van der Waals surface area (Å²) in [6.07, 6.45) is 2.17. The number of carbonyl (C=O) groups excluding carboxylic acids is 2. The summed E-state index contributed by atoms with van der Waals surface area (Å²) < 4.78 is 5.27. The topological polar surface area (TPSA) is 74.1 Å². The molecule has 1 aromatic carbocycles. The summed E-state index contributed by atoms with van der Waals surface area (Å²) in [6, 6.07) is 8.76. The Morgan fingerprint density at radius 2 is 1.63 bits per heavy atom. The highest BCUT2D eigenvalue weighted by Crippen LogP contribution is 2.15. The van der Waals surface area contributed by atoms with Crippen LogP contribution in [-0.2, 0) is 4.79 Å². The van der Waals surface area contributed by atoms with Crippen LogP contribution in [0.15, 0.2) is 39.5 Å². The Bertz CT molecular complexity index is 909. The van der Waals surface area contributed by atoms with Crippen molar-refractivity contribution in [3.8, 4) is 0 Å². The number of para-hydroxylation sites is 1. The second kappa shape index (κ2) is 7.52. The molecule has 4 rings (SSSR count). The molecule has 0 bridgehead atoms. The Hall–Kier alpha value is -2.67. The van der Waals surface area contributed by atoms with Gasteiger partial charge in [-0.25, -0.2) is 4.79 Å². The molecular weight excluding hydrogens is 346 g/mol. The van der Waals surface area contributed by atoms with E-state index in [-0.39, 0.29) is 17.4 Å². The molecule has 0 spiro atoms. The molecule has 27 heavy (non-hydrogen) atoms. The molecule has 0 atom stereocenters. The fourth-order valence-corrected chi connectivity index (χ4v) is 3.75. The van der Waals surface area contributed by atoms with E-state index in [1.165, 1.54) is 0 Å². The summed E-state index contributed by atoms with van der Waals surface area (Å²) in [5.41, 5.74) is -0.0649. The maximum atomic E-state index is 12.8. The predicted molar refractivity (Wildman–Crippen MR) is 101 cm³/mol. The van der Waals surface area contributed by atoms with Gasteiger partial charge in [0.2, 0.25) is 5.91 Å². The largest absolute Gasteiger partial charge is 0.422 e. The van der Waals surface area contributed by atoms with Gasteiger partial charge in [-0.15, -0.1) is 0 Å². The Morgan fingerprint density at radius 3 is 2.37 bits per heavy atom. The Labute approximate surface area is 157 Å². The van der Waals surface area contributed by atoms with E-state index in [2.05, 4.69) is 4.90 Å². The molecule has 0 saturated carbocycles. The summed E-state index contributed by atoms with van der Waals surface area (Å²) in [5.74, 6) is -0.137. The third-order valence-corrected chi connectivity index (χ3v) is 5.35. The van der Waals surface area contributed by atoms with Crippen LogP contribution in [0.1, 0.15) is 23.2 Å². The van der Waals surface area contributed by atoms with Crippen molar-refractivity contribution >= 4 is 22.8 Å². The number of piperazine rings is 1. The van der Waals surface area contributed by atoms with E-state index in [1.54, 1.807) is 23.1 Å².